The maximum Gasteiger partial charge on any atom is 0.530 e. The van der Waals surface area contributed by atoms with E-state index < -0.39 is 7.82 Å². The molecule has 1 aromatic carbocycles. The van der Waals surface area contributed by atoms with E-state index in [2.05, 4.69) is 5.10 Å². The van der Waals surface area contributed by atoms with Crippen LogP contribution < -0.4 is 4.52 Å². The van der Waals surface area contributed by atoms with Crippen molar-refractivity contribution < 1.29 is 18.1 Å². The van der Waals surface area contributed by atoms with Crippen molar-refractivity contribution in [2.75, 3.05) is 14.2 Å². The number of rotatable bonds is 5. The Balaban J connectivity index is 2.40. The van der Waals surface area contributed by atoms with Gasteiger partial charge in [-0.25, -0.2) is 9.25 Å². The van der Waals surface area contributed by atoms with Crippen LogP contribution in [0.3, 0.4) is 0 Å². The fourth-order valence-electron chi connectivity index (χ4n) is 1.56. The van der Waals surface area contributed by atoms with E-state index in [0.717, 1.165) is 11.4 Å². The summed E-state index contributed by atoms with van der Waals surface area (Å²) >= 11 is 0. The van der Waals surface area contributed by atoms with Crippen LogP contribution in [0.2, 0.25) is 0 Å². The summed E-state index contributed by atoms with van der Waals surface area (Å²) in [6.45, 7) is 1.82. The average molecular weight is 282 g/mol. The van der Waals surface area contributed by atoms with Crippen molar-refractivity contribution in [1.29, 1.82) is 0 Å². The van der Waals surface area contributed by atoms with E-state index in [1.54, 1.807) is 10.7 Å². The van der Waals surface area contributed by atoms with Gasteiger partial charge in [-0.1, -0.05) is 18.2 Å². The molecular weight excluding hydrogens is 267 g/mol. The van der Waals surface area contributed by atoms with E-state index in [-0.39, 0.29) is 0 Å². The maximum absolute atomic E-state index is 12.0. The van der Waals surface area contributed by atoms with Crippen molar-refractivity contribution in [2.24, 2.45) is 0 Å². The van der Waals surface area contributed by atoms with Gasteiger partial charge in [-0.05, 0) is 19.1 Å². The van der Waals surface area contributed by atoms with Crippen molar-refractivity contribution in [2.45, 2.75) is 6.92 Å². The summed E-state index contributed by atoms with van der Waals surface area (Å²) in [6, 6.07) is 11.0. The second kappa shape index (κ2) is 5.57. The molecule has 102 valence electrons. The number of para-hydroxylation sites is 1. The second-order valence-corrected chi connectivity index (χ2v) is 5.58. The molecule has 0 aliphatic heterocycles. The fourth-order valence-corrected chi connectivity index (χ4v) is 2.22. The molecule has 0 fully saturated rings. The van der Waals surface area contributed by atoms with Crippen LogP contribution >= 0.6 is 7.82 Å². The summed E-state index contributed by atoms with van der Waals surface area (Å²) in [5.41, 5.74) is 1.53. The zero-order chi connectivity index (χ0) is 13.9. The summed E-state index contributed by atoms with van der Waals surface area (Å²) < 4.78 is 28.4. The Hall–Kier alpha value is -1.62. The lowest BCUT2D eigenvalue weighted by atomic mass is 10.3. The van der Waals surface area contributed by atoms with E-state index in [1.807, 2.05) is 37.3 Å². The van der Waals surface area contributed by atoms with E-state index in [4.69, 9.17) is 13.6 Å². The highest BCUT2D eigenvalue weighted by atomic mass is 31.2. The van der Waals surface area contributed by atoms with Crippen LogP contribution in [0.1, 0.15) is 5.69 Å². The van der Waals surface area contributed by atoms with Gasteiger partial charge >= 0.3 is 7.82 Å². The van der Waals surface area contributed by atoms with Gasteiger partial charge in [-0.3, -0.25) is 9.05 Å². The molecule has 0 atom stereocenters. The van der Waals surface area contributed by atoms with Gasteiger partial charge in [0.15, 0.2) is 0 Å². The third kappa shape index (κ3) is 3.04. The highest BCUT2D eigenvalue weighted by molar-refractivity contribution is 7.48. The average Bonchev–Trinajstić information content (AvgIpc) is 2.80. The summed E-state index contributed by atoms with van der Waals surface area (Å²) in [5, 5.41) is 4.29. The third-order valence-corrected chi connectivity index (χ3v) is 3.76. The summed E-state index contributed by atoms with van der Waals surface area (Å²) in [4.78, 5) is 0. The van der Waals surface area contributed by atoms with Gasteiger partial charge < -0.3 is 4.52 Å². The molecule has 2 aromatic rings. The predicted molar refractivity (Wildman–Crippen MR) is 70.6 cm³/mol. The highest BCUT2D eigenvalue weighted by Crippen LogP contribution is 2.48. The molecule has 0 unspecified atom stereocenters. The first-order valence-electron chi connectivity index (χ1n) is 5.61. The molecule has 7 heteroatoms. The minimum absolute atomic E-state index is 0.302. The maximum atomic E-state index is 12.0. The quantitative estimate of drug-likeness (QED) is 0.789. The number of aromatic nitrogens is 2. The topological polar surface area (TPSA) is 62.6 Å². The molecule has 1 aromatic heterocycles. The third-order valence-electron chi connectivity index (χ3n) is 2.45. The molecule has 0 radical (unpaired) electrons. The molecule has 0 spiro atoms. The van der Waals surface area contributed by atoms with Gasteiger partial charge in [0.05, 0.1) is 11.4 Å². The van der Waals surface area contributed by atoms with Crippen molar-refractivity contribution >= 4 is 7.82 Å². The van der Waals surface area contributed by atoms with Crippen LogP contribution in [0.5, 0.6) is 5.88 Å². The van der Waals surface area contributed by atoms with Crippen molar-refractivity contribution in [1.82, 2.24) is 9.78 Å². The van der Waals surface area contributed by atoms with Crippen LogP contribution in [-0.2, 0) is 13.6 Å². The van der Waals surface area contributed by atoms with Gasteiger partial charge in [-0.15, -0.1) is 0 Å². The van der Waals surface area contributed by atoms with Crippen LogP contribution in [0, 0.1) is 6.92 Å². The number of hydrogen-bond acceptors (Lipinski definition) is 5. The number of aryl methyl sites for hydroxylation is 1. The van der Waals surface area contributed by atoms with Gasteiger partial charge in [0.25, 0.3) is 0 Å². The lowest BCUT2D eigenvalue weighted by molar-refractivity contribution is 0.207. The lowest BCUT2D eigenvalue weighted by Crippen LogP contribution is -2.03. The first-order chi connectivity index (χ1) is 9.08. The summed E-state index contributed by atoms with van der Waals surface area (Å²) in [5.74, 6) is 0.302. The first-order valence-corrected chi connectivity index (χ1v) is 7.07. The number of nitrogens with zero attached hydrogens (tertiary/aromatic N) is 2. The molecule has 0 aliphatic carbocycles. The standard InChI is InChI=1S/C12H15N2O4P/c1-10-9-12(18-19(15,16-2)17-3)14(13-10)11-7-5-4-6-8-11/h4-9H,1-3H3. The minimum atomic E-state index is -3.60. The van der Waals surface area contributed by atoms with E-state index in [9.17, 15) is 4.57 Å². The van der Waals surface area contributed by atoms with E-state index in [1.165, 1.54) is 14.2 Å². The zero-order valence-electron chi connectivity index (χ0n) is 10.9. The Kier molecular flexibility index (Phi) is 4.04. The van der Waals surface area contributed by atoms with Crippen molar-refractivity contribution in [3.05, 3.63) is 42.1 Å². The number of benzene rings is 1. The number of phosphoric acid groups is 1. The molecule has 6 nitrogen and oxygen atoms in total. The largest absolute Gasteiger partial charge is 0.530 e. The Morgan fingerprint density at radius 2 is 1.79 bits per heavy atom. The van der Waals surface area contributed by atoms with Gasteiger partial charge in [0.1, 0.15) is 0 Å². The molecule has 0 bridgehead atoms. The molecule has 0 aliphatic rings. The lowest BCUT2D eigenvalue weighted by Gasteiger charge is -2.14. The van der Waals surface area contributed by atoms with E-state index in [0.29, 0.717) is 5.88 Å². The molecule has 0 saturated carbocycles. The van der Waals surface area contributed by atoms with Crippen LogP contribution in [0.4, 0.5) is 0 Å². The molecule has 0 amide bonds. The van der Waals surface area contributed by atoms with Crippen LogP contribution in [0.15, 0.2) is 36.4 Å². The van der Waals surface area contributed by atoms with Crippen molar-refractivity contribution in [3.63, 3.8) is 0 Å². The monoisotopic (exact) mass is 282 g/mol. The molecule has 0 N–H and O–H groups in total. The smallest absolute Gasteiger partial charge is 0.385 e. The molecule has 2 rings (SSSR count). The van der Waals surface area contributed by atoms with Crippen LogP contribution in [-0.4, -0.2) is 24.0 Å². The SMILES string of the molecule is COP(=O)(OC)Oc1cc(C)nn1-c1ccccc1. The number of phosphoric ester groups is 1. The second-order valence-electron chi connectivity index (χ2n) is 3.77. The minimum Gasteiger partial charge on any atom is -0.385 e. The van der Waals surface area contributed by atoms with Gasteiger partial charge in [-0.2, -0.15) is 5.10 Å². The van der Waals surface area contributed by atoms with Crippen molar-refractivity contribution in [3.8, 4) is 11.6 Å². The molecule has 0 saturated heterocycles. The Morgan fingerprint density at radius 1 is 1.16 bits per heavy atom. The highest BCUT2D eigenvalue weighted by Gasteiger charge is 2.27. The Morgan fingerprint density at radius 3 is 2.37 bits per heavy atom. The Bertz CT molecular complexity index is 589. The summed E-state index contributed by atoms with van der Waals surface area (Å²) in [7, 11) is -1.07. The zero-order valence-corrected chi connectivity index (χ0v) is 11.8. The summed E-state index contributed by atoms with van der Waals surface area (Å²) in [6.07, 6.45) is 0. The fraction of sp³-hybridized carbons (Fsp3) is 0.250. The van der Waals surface area contributed by atoms with Gasteiger partial charge in [0.2, 0.25) is 5.88 Å². The first kappa shape index (κ1) is 13.8. The van der Waals surface area contributed by atoms with Gasteiger partial charge in [0, 0.05) is 20.3 Å². The predicted octanol–water partition coefficient (Wildman–Crippen LogP) is 2.96. The molecule has 19 heavy (non-hydrogen) atoms. The Labute approximate surface area is 111 Å². The normalized spacial score (nSPS) is 11.5. The molecular formula is C12H15N2O4P. The number of hydrogen-bond donors (Lipinski definition) is 0. The van der Waals surface area contributed by atoms with Crippen LogP contribution in [0.25, 0.3) is 5.69 Å². The van der Waals surface area contributed by atoms with E-state index >= 15 is 0 Å². The molecule has 1 heterocycles.